The van der Waals surface area contributed by atoms with Gasteiger partial charge in [0.25, 0.3) is 0 Å². The zero-order valence-corrected chi connectivity index (χ0v) is 18.8. The standard InChI is InChI=1S/C25H44/c1-11-25(10,20-15-13-12-14-16-20)19-24(8,9)18-21(23(5,6)7)17-22(2,3)4/h12-16,21H,11,17-19H2,1-10H3. The van der Waals surface area contributed by atoms with E-state index in [1.807, 2.05) is 0 Å². The van der Waals surface area contributed by atoms with Crippen LogP contribution in [0, 0.1) is 22.2 Å². The van der Waals surface area contributed by atoms with E-state index in [-0.39, 0.29) is 5.41 Å². The van der Waals surface area contributed by atoms with Crippen molar-refractivity contribution in [1.29, 1.82) is 0 Å². The summed E-state index contributed by atoms with van der Waals surface area (Å²) in [5, 5.41) is 0. The van der Waals surface area contributed by atoms with E-state index >= 15 is 0 Å². The highest BCUT2D eigenvalue weighted by molar-refractivity contribution is 5.24. The maximum atomic E-state index is 2.49. The Morgan fingerprint density at radius 2 is 1.28 bits per heavy atom. The molecule has 0 saturated carbocycles. The minimum Gasteiger partial charge on any atom is -0.0645 e. The molecule has 0 fully saturated rings. The molecule has 144 valence electrons. The third-order valence-electron chi connectivity index (χ3n) is 6.00. The molecule has 1 aromatic carbocycles. The lowest BCUT2D eigenvalue weighted by Crippen LogP contribution is -2.34. The van der Waals surface area contributed by atoms with E-state index in [1.165, 1.54) is 31.2 Å². The van der Waals surface area contributed by atoms with Crippen molar-refractivity contribution in [1.82, 2.24) is 0 Å². The number of hydrogen-bond donors (Lipinski definition) is 0. The van der Waals surface area contributed by atoms with Gasteiger partial charge in [0, 0.05) is 0 Å². The van der Waals surface area contributed by atoms with Crippen molar-refractivity contribution in [2.24, 2.45) is 22.2 Å². The lowest BCUT2D eigenvalue weighted by atomic mass is 9.61. The minimum absolute atomic E-state index is 0.259. The van der Waals surface area contributed by atoms with Crippen LogP contribution < -0.4 is 0 Å². The Balaban J connectivity index is 3.01. The summed E-state index contributed by atoms with van der Waals surface area (Å²) < 4.78 is 0. The largest absolute Gasteiger partial charge is 0.0645 e. The summed E-state index contributed by atoms with van der Waals surface area (Å²) in [6, 6.07) is 11.1. The SMILES string of the molecule is CCC(C)(CC(C)(C)CC(CC(C)(C)C)C(C)(C)C)c1ccccc1. The molecule has 0 heterocycles. The van der Waals surface area contributed by atoms with Gasteiger partial charge < -0.3 is 0 Å². The molecular formula is C25H44. The van der Waals surface area contributed by atoms with Gasteiger partial charge in [0.05, 0.1) is 0 Å². The molecule has 0 aliphatic rings. The molecule has 0 nitrogen and oxygen atoms in total. The van der Waals surface area contributed by atoms with E-state index < -0.39 is 0 Å². The van der Waals surface area contributed by atoms with Gasteiger partial charge in [-0.2, -0.15) is 0 Å². The molecule has 0 bridgehead atoms. The highest BCUT2D eigenvalue weighted by Crippen LogP contribution is 2.47. The van der Waals surface area contributed by atoms with Crippen LogP contribution in [0.15, 0.2) is 30.3 Å². The fraction of sp³-hybridized carbons (Fsp3) is 0.760. The second kappa shape index (κ2) is 7.85. The first-order valence-electron chi connectivity index (χ1n) is 10.2. The fourth-order valence-electron chi connectivity index (χ4n) is 4.49. The average Bonchev–Trinajstić information content (AvgIpc) is 2.44. The van der Waals surface area contributed by atoms with Gasteiger partial charge in [0.2, 0.25) is 0 Å². The van der Waals surface area contributed by atoms with Crippen molar-refractivity contribution in [2.75, 3.05) is 0 Å². The van der Waals surface area contributed by atoms with Crippen molar-refractivity contribution in [3.63, 3.8) is 0 Å². The molecule has 0 radical (unpaired) electrons. The Hall–Kier alpha value is -0.780. The van der Waals surface area contributed by atoms with Crippen molar-refractivity contribution < 1.29 is 0 Å². The molecule has 0 amide bonds. The van der Waals surface area contributed by atoms with E-state index in [1.54, 1.807) is 0 Å². The maximum Gasteiger partial charge on any atom is -0.00728 e. The van der Waals surface area contributed by atoms with Gasteiger partial charge in [-0.25, -0.2) is 0 Å². The first-order valence-corrected chi connectivity index (χ1v) is 10.2. The predicted octanol–water partition coefficient (Wildman–Crippen LogP) is 8.26. The molecule has 0 saturated heterocycles. The predicted molar refractivity (Wildman–Crippen MR) is 114 cm³/mol. The Morgan fingerprint density at radius 1 is 0.760 bits per heavy atom. The first-order chi connectivity index (χ1) is 11.2. The Kier molecular flexibility index (Phi) is 6.99. The van der Waals surface area contributed by atoms with Crippen LogP contribution in [0.25, 0.3) is 0 Å². The van der Waals surface area contributed by atoms with E-state index in [9.17, 15) is 0 Å². The second-order valence-corrected chi connectivity index (χ2v) is 11.7. The number of hydrogen-bond acceptors (Lipinski definition) is 0. The van der Waals surface area contributed by atoms with Gasteiger partial charge in [-0.1, -0.05) is 99.6 Å². The molecular weight excluding hydrogens is 300 g/mol. The van der Waals surface area contributed by atoms with Crippen molar-refractivity contribution >= 4 is 0 Å². The summed E-state index contributed by atoms with van der Waals surface area (Å²) >= 11 is 0. The van der Waals surface area contributed by atoms with Gasteiger partial charge in [0.1, 0.15) is 0 Å². The summed E-state index contributed by atoms with van der Waals surface area (Å²) in [6.45, 7) is 24.2. The zero-order chi connectivity index (χ0) is 19.5. The molecule has 0 spiro atoms. The van der Waals surface area contributed by atoms with Crippen molar-refractivity contribution in [3.05, 3.63) is 35.9 Å². The van der Waals surface area contributed by atoms with Crippen LogP contribution in [0.2, 0.25) is 0 Å². The minimum atomic E-state index is 0.259. The Bertz CT molecular complexity index is 509. The number of rotatable bonds is 7. The highest BCUT2D eigenvalue weighted by Gasteiger charge is 2.38. The molecule has 2 atom stereocenters. The third kappa shape index (κ3) is 7.16. The quantitative estimate of drug-likeness (QED) is 0.467. The van der Waals surface area contributed by atoms with Crippen LogP contribution in [0.5, 0.6) is 0 Å². The molecule has 1 rings (SSSR count). The molecule has 25 heavy (non-hydrogen) atoms. The van der Waals surface area contributed by atoms with Crippen LogP contribution in [0.4, 0.5) is 0 Å². The topological polar surface area (TPSA) is 0 Å². The van der Waals surface area contributed by atoms with Gasteiger partial charge in [0.15, 0.2) is 0 Å². The Labute approximate surface area is 158 Å². The summed E-state index contributed by atoms with van der Waals surface area (Å²) in [5.41, 5.74) is 2.84. The van der Waals surface area contributed by atoms with E-state index in [2.05, 4.69) is 99.6 Å². The summed E-state index contributed by atoms with van der Waals surface area (Å²) in [7, 11) is 0. The fourth-order valence-corrected chi connectivity index (χ4v) is 4.49. The average molecular weight is 345 g/mol. The third-order valence-corrected chi connectivity index (χ3v) is 6.00. The summed E-state index contributed by atoms with van der Waals surface area (Å²) in [6.07, 6.45) is 5.04. The van der Waals surface area contributed by atoms with Gasteiger partial charge in [-0.15, -0.1) is 0 Å². The molecule has 2 unspecified atom stereocenters. The molecule has 0 aliphatic heterocycles. The Morgan fingerprint density at radius 3 is 1.68 bits per heavy atom. The summed E-state index contributed by atoms with van der Waals surface area (Å²) in [5.74, 6) is 0.749. The number of benzene rings is 1. The van der Waals surface area contributed by atoms with E-state index in [0.717, 1.165) is 5.92 Å². The van der Waals surface area contributed by atoms with Crippen LogP contribution in [-0.4, -0.2) is 0 Å². The zero-order valence-electron chi connectivity index (χ0n) is 18.8. The van der Waals surface area contributed by atoms with Crippen LogP contribution in [0.1, 0.15) is 100 Å². The molecule has 1 aromatic rings. The van der Waals surface area contributed by atoms with Crippen LogP contribution >= 0.6 is 0 Å². The smallest absolute Gasteiger partial charge is 0.00728 e. The lowest BCUT2D eigenvalue weighted by Gasteiger charge is -2.44. The molecule has 0 N–H and O–H groups in total. The van der Waals surface area contributed by atoms with Gasteiger partial charge in [-0.05, 0) is 58.8 Å². The summed E-state index contributed by atoms with van der Waals surface area (Å²) in [4.78, 5) is 0. The molecule has 0 aromatic heterocycles. The second-order valence-electron chi connectivity index (χ2n) is 11.7. The molecule has 0 heteroatoms. The van der Waals surface area contributed by atoms with Crippen LogP contribution in [-0.2, 0) is 5.41 Å². The highest BCUT2D eigenvalue weighted by atomic mass is 14.4. The molecule has 0 aliphatic carbocycles. The van der Waals surface area contributed by atoms with E-state index in [0.29, 0.717) is 16.2 Å². The van der Waals surface area contributed by atoms with E-state index in [4.69, 9.17) is 0 Å². The first kappa shape index (κ1) is 22.3. The normalized spacial score (nSPS) is 17.2. The van der Waals surface area contributed by atoms with Crippen molar-refractivity contribution in [3.8, 4) is 0 Å². The van der Waals surface area contributed by atoms with Crippen molar-refractivity contribution in [2.45, 2.75) is 100 Å². The lowest BCUT2D eigenvalue weighted by molar-refractivity contribution is 0.0903. The van der Waals surface area contributed by atoms with Gasteiger partial charge >= 0.3 is 0 Å². The monoisotopic (exact) mass is 344 g/mol. The maximum absolute atomic E-state index is 2.49. The van der Waals surface area contributed by atoms with Gasteiger partial charge in [-0.3, -0.25) is 0 Å². The van der Waals surface area contributed by atoms with Crippen LogP contribution in [0.3, 0.4) is 0 Å².